The maximum atomic E-state index is 14.9. The highest BCUT2D eigenvalue weighted by molar-refractivity contribution is 6.06. The summed E-state index contributed by atoms with van der Waals surface area (Å²) in [6.45, 7) is 1.53. The van der Waals surface area contributed by atoms with Gasteiger partial charge in [0.1, 0.15) is 28.4 Å². The van der Waals surface area contributed by atoms with Gasteiger partial charge in [-0.1, -0.05) is 0 Å². The van der Waals surface area contributed by atoms with E-state index in [9.17, 15) is 30.7 Å². The van der Waals surface area contributed by atoms with E-state index in [4.69, 9.17) is 0 Å². The monoisotopic (exact) mass is 654 g/mol. The van der Waals surface area contributed by atoms with E-state index in [0.29, 0.717) is 5.56 Å². The Morgan fingerprint density at radius 2 is 0.625 bits per heavy atom. The Labute approximate surface area is 262 Å². The molecule has 7 aromatic rings. The molecule has 4 aromatic carbocycles. The summed E-state index contributed by atoms with van der Waals surface area (Å²) in [6.07, 6.45) is 0. The van der Waals surface area contributed by atoms with Crippen LogP contribution in [0.15, 0.2) is 48.5 Å². The van der Waals surface area contributed by atoms with Crippen molar-refractivity contribution in [3.63, 3.8) is 0 Å². The Hall–Kier alpha value is -6.25. The van der Waals surface area contributed by atoms with Crippen molar-refractivity contribution in [3.05, 3.63) is 94.8 Å². The number of H-pyrrole nitrogens is 2. The molecular formula is C33H13F7N8. The number of fused-ring (bicyclic) bond motifs is 20. The SMILES string of the molecule is Cc1cc2c(cc1F)-c1nc-2nc2[nH]c(nc3nc(nc4[nH]c(n1)c1cc(F)c(F)cc41)-c1cc(F)c(F)cc1-3)c1cc(F)c(F)cc21. The van der Waals surface area contributed by atoms with E-state index < -0.39 is 40.7 Å². The molecule has 0 radical (unpaired) electrons. The lowest BCUT2D eigenvalue weighted by Gasteiger charge is -2.02. The zero-order valence-electron chi connectivity index (χ0n) is 23.9. The van der Waals surface area contributed by atoms with Gasteiger partial charge in [0.2, 0.25) is 0 Å². The molecule has 0 amide bonds. The minimum Gasteiger partial charge on any atom is -0.324 e. The van der Waals surface area contributed by atoms with Crippen LogP contribution in [-0.2, 0) is 0 Å². The molecule has 3 aromatic heterocycles. The van der Waals surface area contributed by atoms with Crippen molar-refractivity contribution < 1.29 is 30.7 Å². The molecule has 2 aliphatic heterocycles. The molecule has 0 unspecified atom stereocenters. The Morgan fingerprint density at radius 1 is 0.354 bits per heavy atom. The summed E-state index contributed by atoms with van der Waals surface area (Å²) in [5, 5.41) is 0.262. The zero-order valence-corrected chi connectivity index (χ0v) is 23.9. The summed E-state index contributed by atoms with van der Waals surface area (Å²) in [7, 11) is 0. The number of halogens is 7. The molecule has 8 bridgehead atoms. The fraction of sp³-hybridized carbons (Fsp3) is 0.0303. The summed E-state index contributed by atoms with van der Waals surface area (Å²) in [4.78, 5) is 32.7. The quantitative estimate of drug-likeness (QED) is 0.160. The largest absolute Gasteiger partial charge is 0.324 e. The number of hydrogen-bond acceptors (Lipinski definition) is 6. The summed E-state index contributed by atoms with van der Waals surface area (Å²) in [5.74, 6) is -8.22. The smallest absolute Gasteiger partial charge is 0.164 e. The third-order valence-corrected chi connectivity index (χ3v) is 8.23. The van der Waals surface area contributed by atoms with Crippen LogP contribution in [-0.4, -0.2) is 39.9 Å². The molecule has 9 rings (SSSR count). The number of nitrogens with one attached hydrogen (secondary N) is 2. The van der Waals surface area contributed by atoms with Gasteiger partial charge in [0.05, 0.1) is 0 Å². The third-order valence-electron chi connectivity index (χ3n) is 8.23. The normalized spacial score (nSPS) is 12.2. The Balaban J connectivity index is 1.52. The second-order valence-electron chi connectivity index (χ2n) is 11.2. The van der Waals surface area contributed by atoms with E-state index in [1.54, 1.807) is 0 Å². The van der Waals surface area contributed by atoms with Crippen molar-refractivity contribution in [1.82, 2.24) is 39.9 Å². The van der Waals surface area contributed by atoms with Gasteiger partial charge in [-0.3, -0.25) is 0 Å². The van der Waals surface area contributed by atoms with Crippen LogP contribution in [0.3, 0.4) is 0 Å². The first-order valence-corrected chi connectivity index (χ1v) is 14.1. The molecule has 48 heavy (non-hydrogen) atoms. The number of aryl methyl sites for hydroxylation is 1. The van der Waals surface area contributed by atoms with Crippen LogP contribution in [0.2, 0.25) is 0 Å². The summed E-state index contributed by atoms with van der Waals surface area (Å²) < 4.78 is 102. The van der Waals surface area contributed by atoms with Gasteiger partial charge in [-0.05, 0) is 61.0 Å². The van der Waals surface area contributed by atoms with Gasteiger partial charge in [-0.15, -0.1) is 0 Å². The van der Waals surface area contributed by atoms with Crippen LogP contribution >= 0.6 is 0 Å². The van der Waals surface area contributed by atoms with Crippen molar-refractivity contribution in [2.75, 3.05) is 0 Å². The molecule has 0 aliphatic carbocycles. The van der Waals surface area contributed by atoms with E-state index in [1.165, 1.54) is 19.1 Å². The molecule has 2 N–H and O–H groups in total. The number of aromatic nitrogens is 8. The molecule has 0 fully saturated rings. The van der Waals surface area contributed by atoms with Crippen molar-refractivity contribution in [1.29, 1.82) is 0 Å². The molecular weight excluding hydrogens is 641 g/mol. The molecule has 0 spiro atoms. The molecule has 2 aliphatic rings. The maximum Gasteiger partial charge on any atom is 0.164 e. The summed E-state index contributed by atoms with van der Waals surface area (Å²) in [5.41, 5.74) is 0.563. The molecule has 234 valence electrons. The minimum absolute atomic E-state index is 0.00227. The molecule has 15 heteroatoms. The van der Waals surface area contributed by atoms with Crippen molar-refractivity contribution in [2.24, 2.45) is 0 Å². The standard InChI is InChI=1S/C33H13F7N8/c1-10-2-11-12(3-19(10)34)27-41-26(11)42-28-13-4-20(35)21(36)5-14(13)30(44-28)46-32-17-8-24(39)25(40)9-18(17)33(48-32)47-31-16-7-23(38)22(37)6-15(16)29(43-27)45-31/h2-9H,1H3,(H2,41,42,43,44,45,46,47,48). The molecule has 8 nitrogen and oxygen atoms in total. The first-order valence-electron chi connectivity index (χ1n) is 14.1. The Morgan fingerprint density at radius 3 is 0.958 bits per heavy atom. The lowest BCUT2D eigenvalue weighted by molar-refractivity contribution is 0.509. The fourth-order valence-corrected chi connectivity index (χ4v) is 5.90. The van der Waals surface area contributed by atoms with E-state index >= 15 is 0 Å². The van der Waals surface area contributed by atoms with Gasteiger partial charge in [0.15, 0.2) is 58.2 Å². The second-order valence-corrected chi connectivity index (χ2v) is 11.2. The number of nitrogens with zero attached hydrogens (tertiary/aromatic N) is 6. The number of benzene rings is 4. The lowest BCUT2D eigenvalue weighted by atomic mass is 10.0. The average Bonchev–Trinajstić information content (AvgIpc) is 3.74. The second kappa shape index (κ2) is 9.63. The fourth-order valence-electron chi connectivity index (χ4n) is 5.90. The van der Waals surface area contributed by atoms with Crippen molar-refractivity contribution in [3.8, 4) is 45.6 Å². The van der Waals surface area contributed by atoms with E-state index in [1.807, 2.05) is 0 Å². The van der Waals surface area contributed by atoms with Crippen LogP contribution in [0.4, 0.5) is 30.7 Å². The Bertz CT molecular complexity index is 2420. The van der Waals surface area contributed by atoms with Crippen LogP contribution in [0.1, 0.15) is 5.56 Å². The predicted octanol–water partition coefficient (Wildman–Crippen LogP) is 8.15. The van der Waals surface area contributed by atoms with Crippen LogP contribution < -0.4 is 0 Å². The van der Waals surface area contributed by atoms with E-state index in [2.05, 4.69) is 39.9 Å². The Kier molecular flexibility index (Phi) is 5.62. The first kappa shape index (κ1) is 28.0. The van der Waals surface area contributed by atoms with Gasteiger partial charge in [0, 0.05) is 43.8 Å². The summed E-state index contributed by atoms with van der Waals surface area (Å²) in [6, 6.07) is 7.94. The van der Waals surface area contributed by atoms with Crippen LogP contribution in [0.25, 0.3) is 89.7 Å². The highest BCUT2D eigenvalue weighted by Crippen LogP contribution is 2.39. The van der Waals surface area contributed by atoms with Crippen LogP contribution in [0.5, 0.6) is 0 Å². The van der Waals surface area contributed by atoms with E-state index in [0.717, 1.165) is 36.4 Å². The van der Waals surface area contributed by atoms with Gasteiger partial charge in [-0.25, -0.2) is 60.6 Å². The van der Waals surface area contributed by atoms with Crippen molar-refractivity contribution >= 4 is 44.1 Å². The number of rotatable bonds is 0. The molecule has 5 heterocycles. The zero-order chi connectivity index (χ0) is 33.2. The van der Waals surface area contributed by atoms with Gasteiger partial charge in [-0.2, -0.15) is 0 Å². The highest BCUT2D eigenvalue weighted by Gasteiger charge is 2.25. The number of hydrogen-bond donors (Lipinski definition) is 2. The maximum absolute atomic E-state index is 14.9. The topological polar surface area (TPSA) is 109 Å². The first-order chi connectivity index (χ1) is 23.0. The number of aromatic amines is 2. The van der Waals surface area contributed by atoms with Crippen molar-refractivity contribution in [2.45, 2.75) is 6.92 Å². The molecule has 0 saturated heterocycles. The summed E-state index contributed by atoms with van der Waals surface area (Å²) >= 11 is 0. The van der Waals surface area contributed by atoms with Crippen LogP contribution in [0, 0.1) is 47.6 Å². The van der Waals surface area contributed by atoms with Gasteiger partial charge < -0.3 is 9.97 Å². The predicted molar refractivity (Wildman–Crippen MR) is 160 cm³/mol. The van der Waals surface area contributed by atoms with Gasteiger partial charge in [0.25, 0.3) is 0 Å². The third kappa shape index (κ3) is 4.03. The van der Waals surface area contributed by atoms with Gasteiger partial charge >= 0.3 is 0 Å². The molecule has 0 atom stereocenters. The minimum atomic E-state index is -1.22. The highest BCUT2D eigenvalue weighted by atomic mass is 19.2. The van der Waals surface area contributed by atoms with E-state index in [-0.39, 0.29) is 89.7 Å². The lowest BCUT2D eigenvalue weighted by Crippen LogP contribution is -1.89. The molecule has 0 saturated carbocycles. The average molecular weight is 655 g/mol.